The molecular weight excluding hydrogens is 212 g/mol. The van der Waals surface area contributed by atoms with Crippen molar-refractivity contribution >= 4 is 5.91 Å². The quantitative estimate of drug-likeness (QED) is 0.774. The Bertz CT molecular complexity index is 240. The van der Waals surface area contributed by atoms with Crippen molar-refractivity contribution in [3.63, 3.8) is 0 Å². The molecule has 3 heteroatoms. The average molecular weight is 240 g/mol. The first-order valence-corrected chi connectivity index (χ1v) is 7.02. The van der Waals surface area contributed by atoms with Gasteiger partial charge in [-0.2, -0.15) is 0 Å². The van der Waals surface area contributed by atoms with Crippen molar-refractivity contribution in [3.8, 4) is 0 Å². The van der Waals surface area contributed by atoms with E-state index in [0.717, 1.165) is 25.8 Å². The summed E-state index contributed by atoms with van der Waals surface area (Å²) in [4.78, 5) is 12.1. The Labute approximate surface area is 106 Å². The van der Waals surface area contributed by atoms with Gasteiger partial charge >= 0.3 is 0 Å². The number of amides is 1. The highest BCUT2D eigenvalue weighted by Crippen LogP contribution is 2.16. The minimum Gasteiger partial charge on any atom is -0.353 e. The van der Waals surface area contributed by atoms with E-state index in [2.05, 4.69) is 38.3 Å². The number of piperidine rings is 1. The second-order valence-corrected chi connectivity index (χ2v) is 5.96. The van der Waals surface area contributed by atoms with Gasteiger partial charge in [0.1, 0.15) is 0 Å². The van der Waals surface area contributed by atoms with E-state index < -0.39 is 0 Å². The highest BCUT2D eigenvalue weighted by molar-refractivity contribution is 5.79. The molecule has 1 rings (SSSR count). The molecule has 0 aromatic carbocycles. The highest BCUT2D eigenvalue weighted by Gasteiger charge is 2.25. The molecule has 1 heterocycles. The van der Waals surface area contributed by atoms with Crippen LogP contribution in [0.3, 0.4) is 0 Å². The largest absolute Gasteiger partial charge is 0.353 e. The van der Waals surface area contributed by atoms with Crippen LogP contribution in [0.2, 0.25) is 0 Å². The van der Waals surface area contributed by atoms with E-state index in [1.54, 1.807) is 0 Å². The maximum absolute atomic E-state index is 12.1. The zero-order valence-electron chi connectivity index (χ0n) is 11.8. The Balaban J connectivity index is 2.27. The van der Waals surface area contributed by atoms with E-state index in [-0.39, 0.29) is 11.8 Å². The van der Waals surface area contributed by atoms with Gasteiger partial charge in [0.15, 0.2) is 0 Å². The number of rotatable bonds is 5. The molecule has 1 aliphatic rings. The summed E-state index contributed by atoms with van der Waals surface area (Å²) < 4.78 is 0. The average Bonchev–Trinajstić information content (AvgIpc) is 2.26. The van der Waals surface area contributed by atoms with Gasteiger partial charge in [0.05, 0.1) is 0 Å². The summed E-state index contributed by atoms with van der Waals surface area (Å²) in [5, 5.41) is 6.54. The number of hydrogen-bond donors (Lipinski definition) is 2. The lowest BCUT2D eigenvalue weighted by molar-refractivity contribution is -0.126. The molecule has 3 atom stereocenters. The molecule has 0 aromatic heterocycles. The lowest BCUT2D eigenvalue weighted by Crippen LogP contribution is -2.44. The molecule has 1 amide bonds. The van der Waals surface area contributed by atoms with E-state index in [1.807, 2.05) is 0 Å². The molecule has 0 spiro atoms. The maximum Gasteiger partial charge on any atom is 0.223 e. The molecule has 0 bridgehead atoms. The van der Waals surface area contributed by atoms with Crippen LogP contribution in [0.5, 0.6) is 0 Å². The molecule has 0 radical (unpaired) electrons. The van der Waals surface area contributed by atoms with Crippen molar-refractivity contribution < 1.29 is 4.79 Å². The van der Waals surface area contributed by atoms with Gasteiger partial charge in [0.25, 0.3) is 0 Å². The van der Waals surface area contributed by atoms with E-state index in [1.165, 1.54) is 6.42 Å². The highest BCUT2D eigenvalue weighted by atomic mass is 16.1. The van der Waals surface area contributed by atoms with Crippen LogP contribution >= 0.6 is 0 Å². The molecule has 1 aliphatic heterocycles. The van der Waals surface area contributed by atoms with Crippen LogP contribution in [0.1, 0.15) is 53.4 Å². The van der Waals surface area contributed by atoms with Crippen molar-refractivity contribution in [3.05, 3.63) is 0 Å². The third-order valence-electron chi connectivity index (χ3n) is 3.56. The van der Waals surface area contributed by atoms with Gasteiger partial charge in [0.2, 0.25) is 5.91 Å². The monoisotopic (exact) mass is 240 g/mol. The standard InChI is InChI=1S/C14H28N2O/c1-10(2)5-6-11(3)16-14(17)13-7-8-15-12(4)9-13/h10-13,15H,5-9H2,1-4H3,(H,16,17). The molecular formula is C14H28N2O. The van der Waals surface area contributed by atoms with Gasteiger partial charge in [-0.1, -0.05) is 13.8 Å². The summed E-state index contributed by atoms with van der Waals surface area (Å²) in [6, 6.07) is 0.792. The van der Waals surface area contributed by atoms with E-state index in [9.17, 15) is 4.79 Å². The minimum atomic E-state index is 0.216. The van der Waals surface area contributed by atoms with Crippen molar-refractivity contribution in [2.45, 2.75) is 65.5 Å². The predicted molar refractivity (Wildman–Crippen MR) is 71.9 cm³/mol. The molecule has 2 N–H and O–H groups in total. The molecule has 100 valence electrons. The van der Waals surface area contributed by atoms with Gasteiger partial charge in [-0.3, -0.25) is 4.79 Å². The zero-order valence-corrected chi connectivity index (χ0v) is 11.8. The summed E-state index contributed by atoms with van der Waals surface area (Å²) in [5.41, 5.74) is 0. The SMILES string of the molecule is CC(C)CCC(C)NC(=O)C1CCNC(C)C1. The van der Waals surface area contributed by atoms with E-state index in [4.69, 9.17) is 0 Å². The number of carbonyl (C=O) groups excluding carboxylic acids is 1. The molecule has 3 unspecified atom stereocenters. The second kappa shape index (κ2) is 7.00. The van der Waals surface area contributed by atoms with Crippen LogP contribution in [0.4, 0.5) is 0 Å². The normalized spacial score (nSPS) is 26.9. The van der Waals surface area contributed by atoms with Crippen LogP contribution in [0, 0.1) is 11.8 Å². The predicted octanol–water partition coefficient (Wildman–Crippen LogP) is 2.32. The topological polar surface area (TPSA) is 41.1 Å². The minimum absolute atomic E-state index is 0.216. The summed E-state index contributed by atoms with van der Waals surface area (Å²) in [6.45, 7) is 9.69. The number of hydrogen-bond acceptors (Lipinski definition) is 2. The fraction of sp³-hybridized carbons (Fsp3) is 0.929. The Morgan fingerprint density at radius 1 is 1.35 bits per heavy atom. The maximum atomic E-state index is 12.1. The van der Waals surface area contributed by atoms with Crippen molar-refractivity contribution in [1.29, 1.82) is 0 Å². The van der Waals surface area contributed by atoms with Crippen LogP contribution < -0.4 is 10.6 Å². The molecule has 1 saturated heterocycles. The van der Waals surface area contributed by atoms with E-state index >= 15 is 0 Å². The van der Waals surface area contributed by atoms with Crippen molar-refractivity contribution in [2.24, 2.45) is 11.8 Å². The summed E-state index contributed by atoms with van der Waals surface area (Å²) in [7, 11) is 0. The second-order valence-electron chi connectivity index (χ2n) is 5.96. The van der Waals surface area contributed by atoms with Crippen LogP contribution in [-0.2, 0) is 4.79 Å². The molecule has 1 fully saturated rings. The molecule has 17 heavy (non-hydrogen) atoms. The Hall–Kier alpha value is -0.570. The van der Waals surface area contributed by atoms with E-state index in [0.29, 0.717) is 18.0 Å². The Morgan fingerprint density at radius 3 is 2.65 bits per heavy atom. The van der Waals surface area contributed by atoms with Crippen LogP contribution in [0.25, 0.3) is 0 Å². The first-order valence-electron chi connectivity index (χ1n) is 7.02. The fourth-order valence-corrected chi connectivity index (χ4v) is 2.39. The Morgan fingerprint density at radius 2 is 2.06 bits per heavy atom. The van der Waals surface area contributed by atoms with Gasteiger partial charge in [-0.15, -0.1) is 0 Å². The summed E-state index contributed by atoms with van der Waals surface area (Å²) >= 11 is 0. The summed E-state index contributed by atoms with van der Waals surface area (Å²) in [5.74, 6) is 1.19. The lowest BCUT2D eigenvalue weighted by atomic mass is 9.92. The number of carbonyl (C=O) groups is 1. The first kappa shape index (κ1) is 14.5. The lowest BCUT2D eigenvalue weighted by Gasteiger charge is -2.28. The van der Waals surface area contributed by atoms with Crippen molar-refractivity contribution in [2.75, 3.05) is 6.54 Å². The third kappa shape index (κ3) is 5.53. The van der Waals surface area contributed by atoms with Crippen molar-refractivity contribution in [1.82, 2.24) is 10.6 Å². The third-order valence-corrected chi connectivity index (χ3v) is 3.56. The van der Waals surface area contributed by atoms with Gasteiger partial charge in [-0.25, -0.2) is 0 Å². The van der Waals surface area contributed by atoms with Crippen LogP contribution in [0.15, 0.2) is 0 Å². The fourth-order valence-electron chi connectivity index (χ4n) is 2.39. The summed E-state index contributed by atoms with van der Waals surface area (Å²) in [6.07, 6.45) is 4.23. The molecule has 3 nitrogen and oxygen atoms in total. The molecule has 0 aromatic rings. The molecule has 0 saturated carbocycles. The smallest absolute Gasteiger partial charge is 0.223 e. The number of nitrogens with one attached hydrogen (secondary N) is 2. The zero-order chi connectivity index (χ0) is 12.8. The first-order chi connectivity index (χ1) is 7.99. The van der Waals surface area contributed by atoms with Gasteiger partial charge in [0, 0.05) is 18.0 Å². The Kier molecular flexibility index (Phi) is 5.96. The molecule has 0 aliphatic carbocycles. The van der Waals surface area contributed by atoms with Gasteiger partial charge in [-0.05, 0) is 52.0 Å². The van der Waals surface area contributed by atoms with Gasteiger partial charge < -0.3 is 10.6 Å². The van der Waals surface area contributed by atoms with Crippen LogP contribution in [-0.4, -0.2) is 24.5 Å².